The van der Waals surface area contributed by atoms with Crippen LogP contribution in [0.2, 0.25) is 0 Å². The van der Waals surface area contributed by atoms with E-state index in [0.29, 0.717) is 11.5 Å². The molecule has 0 unspecified atom stereocenters. The average molecular weight is 345 g/mol. The van der Waals surface area contributed by atoms with Crippen LogP contribution in [0.5, 0.6) is 0 Å². The van der Waals surface area contributed by atoms with Gasteiger partial charge in [-0.2, -0.15) is 10.1 Å². The lowest BCUT2D eigenvalue weighted by Gasteiger charge is -2.29. The molecule has 26 heavy (non-hydrogen) atoms. The fraction of sp³-hybridized carbons (Fsp3) is 0.150. The number of para-hydroxylation sites is 1. The second kappa shape index (κ2) is 6.48. The molecule has 0 spiro atoms. The number of nitrogens with one attached hydrogen (secondary N) is 2. The summed E-state index contributed by atoms with van der Waals surface area (Å²) in [5, 5.41) is 10.5. The summed E-state index contributed by atoms with van der Waals surface area (Å²) in [5.41, 5.74) is 4.27. The van der Waals surface area contributed by atoms with Crippen molar-refractivity contribution in [3.63, 3.8) is 0 Å². The van der Waals surface area contributed by atoms with Crippen LogP contribution in [-0.4, -0.2) is 20.7 Å². The van der Waals surface area contributed by atoms with E-state index in [1.54, 1.807) is 4.68 Å². The second-order valence-electron chi connectivity index (χ2n) is 6.27. The van der Waals surface area contributed by atoms with Crippen molar-refractivity contribution in [2.45, 2.75) is 19.9 Å². The maximum atomic E-state index is 13.1. The Bertz CT molecular complexity index is 990. The number of rotatable bonds is 3. The average Bonchev–Trinajstić information content (AvgIpc) is 3.10. The fourth-order valence-electron chi connectivity index (χ4n) is 3.29. The van der Waals surface area contributed by atoms with Gasteiger partial charge in [-0.3, -0.25) is 4.79 Å². The monoisotopic (exact) mass is 345 g/mol. The van der Waals surface area contributed by atoms with E-state index in [9.17, 15) is 4.79 Å². The summed E-state index contributed by atoms with van der Waals surface area (Å²) in [6.07, 6.45) is 1.50. The molecule has 4 rings (SSSR count). The number of carbonyl (C=O) groups is 1. The molecule has 1 amide bonds. The first-order chi connectivity index (χ1) is 12.6. The standard InChI is InChI=1S/C20H19N5O/c1-13-8-6-7-11-16(13)18-17(14(2)23-20-21-12-22-25(18)20)19(26)24-15-9-4-3-5-10-15/h3-12,18H,1-2H3,(H,24,26)(H,21,22,23)/t18-/m0/s1. The van der Waals surface area contributed by atoms with Crippen LogP contribution in [0.1, 0.15) is 24.1 Å². The molecule has 130 valence electrons. The normalized spacial score (nSPS) is 16.0. The Labute approximate surface area is 151 Å². The Morgan fingerprint density at radius 2 is 1.81 bits per heavy atom. The number of hydrogen-bond donors (Lipinski definition) is 2. The number of allylic oxidation sites excluding steroid dienone is 1. The largest absolute Gasteiger partial charge is 0.328 e. The van der Waals surface area contributed by atoms with Crippen LogP contribution in [0, 0.1) is 6.92 Å². The molecule has 0 bridgehead atoms. The minimum Gasteiger partial charge on any atom is -0.328 e. The molecule has 0 radical (unpaired) electrons. The van der Waals surface area contributed by atoms with Gasteiger partial charge in [0.15, 0.2) is 0 Å². The molecule has 6 heteroatoms. The lowest BCUT2D eigenvalue weighted by atomic mass is 9.92. The first-order valence-corrected chi connectivity index (χ1v) is 8.44. The third-order valence-corrected chi connectivity index (χ3v) is 4.55. The molecule has 6 nitrogen and oxygen atoms in total. The van der Waals surface area contributed by atoms with E-state index in [2.05, 4.69) is 20.7 Å². The Morgan fingerprint density at radius 3 is 2.58 bits per heavy atom. The minimum atomic E-state index is -0.335. The van der Waals surface area contributed by atoms with E-state index in [0.717, 1.165) is 22.5 Å². The maximum Gasteiger partial charge on any atom is 0.255 e. The van der Waals surface area contributed by atoms with Crippen molar-refractivity contribution in [1.29, 1.82) is 0 Å². The Kier molecular flexibility index (Phi) is 4.01. The molecule has 2 heterocycles. The van der Waals surface area contributed by atoms with Gasteiger partial charge < -0.3 is 10.6 Å². The fourth-order valence-corrected chi connectivity index (χ4v) is 3.29. The Balaban J connectivity index is 1.80. The van der Waals surface area contributed by atoms with Gasteiger partial charge in [0.05, 0.1) is 5.57 Å². The summed E-state index contributed by atoms with van der Waals surface area (Å²) in [7, 11) is 0. The molecule has 0 saturated heterocycles. The third kappa shape index (κ3) is 2.75. The maximum absolute atomic E-state index is 13.1. The summed E-state index contributed by atoms with van der Waals surface area (Å²) in [6, 6.07) is 17.1. The number of nitrogens with zero attached hydrogens (tertiary/aromatic N) is 3. The zero-order valence-electron chi connectivity index (χ0n) is 14.6. The van der Waals surface area contributed by atoms with Crippen LogP contribution in [0.3, 0.4) is 0 Å². The summed E-state index contributed by atoms with van der Waals surface area (Å²) in [4.78, 5) is 17.4. The summed E-state index contributed by atoms with van der Waals surface area (Å²) in [5.74, 6) is 0.475. The van der Waals surface area contributed by atoms with E-state index >= 15 is 0 Å². The van der Waals surface area contributed by atoms with Gasteiger partial charge in [-0.25, -0.2) is 4.68 Å². The number of fused-ring (bicyclic) bond motifs is 1. The summed E-state index contributed by atoms with van der Waals surface area (Å²) >= 11 is 0. The lowest BCUT2D eigenvalue weighted by Crippen LogP contribution is -2.31. The number of aryl methyl sites for hydroxylation is 1. The highest BCUT2D eigenvalue weighted by atomic mass is 16.1. The SMILES string of the molecule is CC1=C(C(=O)Nc2ccccc2)[C@H](c2ccccc2C)n2ncnc2N1. The summed E-state index contributed by atoms with van der Waals surface area (Å²) in [6.45, 7) is 3.93. The van der Waals surface area contributed by atoms with Crippen LogP contribution in [-0.2, 0) is 4.79 Å². The van der Waals surface area contributed by atoms with Crippen molar-refractivity contribution < 1.29 is 4.79 Å². The van der Waals surface area contributed by atoms with Crippen LogP contribution in [0.15, 0.2) is 72.2 Å². The highest BCUT2D eigenvalue weighted by Crippen LogP contribution is 2.36. The number of hydrogen-bond acceptors (Lipinski definition) is 4. The molecular weight excluding hydrogens is 326 g/mol. The van der Waals surface area contributed by atoms with Crippen LogP contribution in [0.4, 0.5) is 11.6 Å². The van der Waals surface area contributed by atoms with Gasteiger partial charge in [-0.1, -0.05) is 42.5 Å². The predicted octanol–water partition coefficient (Wildman–Crippen LogP) is 3.51. The third-order valence-electron chi connectivity index (χ3n) is 4.55. The van der Waals surface area contributed by atoms with Gasteiger partial charge in [0, 0.05) is 11.4 Å². The van der Waals surface area contributed by atoms with Crippen molar-refractivity contribution in [3.8, 4) is 0 Å². The second-order valence-corrected chi connectivity index (χ2v) is 6.27. The van der Waals surface area contributed by atoms with Crippen LogP contribution >= 0.6 is 0 Å². The van der Waals surface area contributed by atoms with E-state index < -0.39 is 0 Å². The Hall–Kier alpha value is -3.41. The molecule has 1 aliphatic rings. The number of amides is 1. The number of benzene rings is 2. The number of carbonyl (C=O) groups excluding carboxylic acids is 1. The zero-order chi connectivity index (χ0) is 18.1. The molecule has 1 atom stereocenters. The summed E-state index contributed by atoms with van der Waals surface area (Å²) < 4.78 is 1.76. The molecule has 3 aromatic rings. The smallest absolute Gasteiger partial charge is 0.255 e. The highest BCUT2D eigenvalue weighted by Gasteiger charge is 2.34. The van der Waals surface area contributed by atoms with Gasteiger partial charge >= 0.3 is 0 Å². The molecular formula is C20H19N5O. The van der Waals surface area contributed by atoms with Gasteiger partial charge in [0.25, 0.3) is 5.91 Å². The first-order valence-electron chi connectivity index (χ1n) is 8.44. The first kappa shape index (κ1) is 16.1. The molecule has 1 aromatic heterocycles. The van der Waals surface area contributed by atoms with E-state index in [1.165, 1.54) is 6.33 Å². The minimum absolute atomic E-state index is 0.157. The van der Waals surface area contributed by atoms with Gasteiger partial charge in [0.2, 0.25) is 5.95 Å². The van der Waals surface area contributed by atoms with Gasteiger partial charge in [-0.15, -0.1) is 0 Å². The predicted molar refractivity (Wildman–Crippen MR) is 101 cm³/mol. The molecule has 1 aliphatic heterocycles. The van der Waals surface area contributed by atoms with E-state index in [1.807, 2.05) is 68.4 Å². The topological polar surface area (TPSA) is 71.8 Å². The van der Waals surface area contributed by atoms with Crippen molar-refractivity contribution in [2.24, 2.45) is 0 Å². The van der Waals surface area contributed by atoms with Crippen molar-refractivity contribution in [3.05, 3.63) is 83.3 Å². The van der Waals surface area contributed by atoms with Crippen molar-refractivity contribution in [1.82, 2.24) is 14.8 Å². The van der Waals surface area contributed by atoms with Crippen LogP contribution in [0.25, 0.3) is 0 Å². The van der Waals surface area contributed by atoms with Gasteiger partial charge in [0.1, 0.15) is 12.4 Å². The molecule has 0 saturated carbocycles. The van der Waals surface area contributed by atoms with Crippen LogP contribution < -0.4 is 10.6 Å². The highest BCUT2D eigenvalue weighted by molar-refractivity contribution is 6.06. The van der Waals surface area contributed by atoms with E-state index in [-0.39, 0.29) is 11.9 Å². The van der Waals surface area contributed by atoms with E-state index in [4.69, 9.17) is 0 Å². The molecule has 0 fully saturated rings. The number of anilines is 2. The van der Waals surface area contributed by atoms with Crippen molar-refractivity contribution in [2.75, 3.05) is 10.6 Å². The molecule has 2 aromatic carbocycles. The van der Waals surface area contributed by atoms with Crippen molar-refractivity contribution >= 4 is 17.5 Å². The van der Waals surface area contributed by atoms with Gasteiger partial charge in [-0.05, 0) is 37.1 Å². The zero-order valence-corrected chi connectivity index (χ0v) is 14.6. The lowest BCUT2D eigenvalue weighted by molar-refractivity contribution is -0.113. The molecule has 2 N–H and O–H groups in total. The Morgan fingerprint density at radius 1 is 1.08 bits per heavy atom. The molecule has 0 aliphatic carbocycles. The number of aromatic nitrogens is 3. The quantitative estimate of drug-likeness (QED) is 0.762.